The number of alkyl carbamates (subject to hydrolysis) is 1. The highest BCUT2D eigenvalue weighted by Gasteiger charge is 2.15. The Morgan fingerprint density at radius 1 is 0.694 bits per heavy atom. The Balaban J connectivity index is 3.33. The van der Waals surface area contributed by atoms with Gasteiger partial charge in [0.15, 0.2) is 0 Å². The van der Waals surface area contributed by atoms with Crippen molar-refractivity contribution in [2.75, 3.05) is 39.5 Å². The summed E-state index contributed by atoms with van der Waals surface area (Å²) < 4.78 is 16.0. The smallest absolute Gasteiger partial charge is 0.407 e. The van der Waals surface area contributed by atoms with Gasteiger partial charge in [0.05, 0.1) is 26.4 Å². The maximum absolute atomic E-state index is 11.9. The van der Waals surface area contributed by atoms with Crippen molar-refractivity contribution in [1.82, 2.24) is 10.6 Å². The first-order chi connectivity index (χ1) is 17.3. The summed E-state index contributed by atoms with van der Waals surface area (Å²) in [5.74, 6) is 0.0914. The molecule has 0 radical (unpaired) electrons. The molecule has 36 heavy (non-hydrogen) atoms. The van der Waals surface area contributed by atoms with E-state index < -0.39 is 11.7 Å². The molecule has 0 aromatic rings. The van der Waals surface area contributed by atoms with Crippen LogP contribution in [-0.4, -0.2) is 57.1 Å². The fourth-order valence-corrected chi connectivity index (χ4v) is 3.31. The van der Waals surface area contributed by atoms with Crippen molar-refractivity contribution in [1.29, 1.82) is 0 Å². The lowest BCUT2D eigenvalue weighted by molar-refractivity contribution is -0.121. The molecule has 0 fully saturated rings. The average molecular weight is 511 g/mol. The largest absolute Gasteiger partial charge is 0.444 e. The van der Waals surface area contributed by atoms with Gasteiger partial charge in [0, 0.05) is 19.5 Å². The molecule has 0 spiro atoms. The fourth-order valence-electron chi connectivity index (χ4n) is 3.31. The molecule has 7 nitrogen and oxygen atoms in total. The number of rotatable bonds is 23. The zero-order chi connectivity index (χ0) is 26.7. The van der Waals surface area contributed by atoms with Gasteiger partial charge in [0.1, 0.15) is 5.60 Å². The van der Waals surface area contributed by atoms with Crippen LogP contribution in [0.4, 0.5) is 4.79 Å². The van der Waals surface area contributed by atoms with Gasteiger partial charge in [-0.25, -0.2) is 4.79 Å². The zero-order valence-electron chi connectivity index (χ0n) is 23.6. The first-order valence-electron chi connectivity index (χ1n) is 14.0. The minimum atomic E-state index is -0.503. The number of carbonyl (C=O) groups excluding carboxylic acids is 2. The molecule has 0 atom stereocenters. The molecule has 2 amide bonds. The normalized spacial score (nSPS) is 11.9. The highest BCUT2D eigenvalue weighted by molar-refractivity contribution is 5.75. The van der Waals surface area contributed by atoms with E-state index in [2.05, 4.69) is 41.9 Å². The Morgan fingerprint density at radius 3 is 1.86 bits per heavy atom. The van der Waals surface area contributed by atoms with Gasteiger partial charge in [0.2, 0.25) is 5.91 Å². The molecule has 0 unspecified atom stereocenters. The molecule has 0 aliphatic carbocycles. The average Bonchev–Trinajstić information content (AvgIpc) is 2.81. The molecular formula is C29H54N2O5. The summed E-state index contributed by atoms with van der Waals surface area (Å²) in [4.78, 5) is 23.3. The number of hydrogen-bond donors (Lipinski definition) is 2. The third-order valence-corrected chi connectivity index (χ3v) is 5.21. The lowest BCUT2D eigenvalue weighted by atomic mass is 10.1. The predicted octanol–water partition coefficient (Wildman–Crippen LogP) is 6.47. The van der Waals surface area contributed by atoms with E-state index in [1.807, 2.05) is 20.8 Å². The molecule has 0 aromatic carbocycles. The van der Waals surface area contributed by atoms with Crippen LogP contribution < -0.4 is 10.6 Å². The van der Waals surface area contributed by atoms with Gasteiger partial charge in [-0.15, -0.1) is 0 Å². The van der Waals surface area contributed by atoms with E-state index in [4.69, 9.17) is 14.2 Å². The van der Waals surface area contributed by atoms with Gasteiger partial charge in [-0.05, 0) is 59.3 Å². The van der Waals surface area contributed by atoms with E-state index in [1.54, 1.807) is 0 Å². The van der Waals surface area contributed by atoms with Crippen molar-refractivity contribution in [3.05, 3.63) is 24.3 Å². The van der Waals surface area contributed by atoms with Crippen molar-refractivity contribution in [3.8, 4) is 0 Å². The van der Waals surface area contributed by atoms with Crippen LogP contribution in [0.15, 0.2) is 24.3 Å². The number of unbranched alkanes of at least 4 members (excludes halogenated alkanes) is 8. The Hall–Kier alpha value is -1.86. The molecule has 210 valence electrons. The third-order valence-electron chi connectivity index (χ3n) is 5.21. The SMILES string of the molecule is CCCCC/C=C\C/C=C\CCCCCCCC(=O)NCCOCCOCCNC(=O)OC(C)(C)C. The predicted molar refractivity (Wildman–Crippen MR) is 148 cm³/mol. The third kappa shape index (κ3) is 28.4. The van der Waals surface area contributed by atoms with Crippen molar-refractivity contribution < 1.29 is 23.8 Å². The highest BCUT2D eigenvalue weighted by Crippen LogP contribution is 2.08. The molecule has 0 aromatic heterocycles. The van der Waals surface area contributed by atoms with Crippen LogP contribution in [0.1, 0.15) is 105 Å². The molecule has 7 heteroatoms. The topological polar surface area (TPSA) is 85.9 Å². The number of carbonyl (C=O) groups is 2. The molecule has 0 aliphatic heterocycles. The summed E-state index contributed by atoms with van der Waals surface area (Å²) in [6.45, 7) is 10.4. The summed E-state index contributed by atoms with van der Waals surface area (Å²) in [6, 6.07) is 0. The molecule has 0 saturated heterocycles. The zero-order valence-corrected chi connectivity index (χ0v) is 23.6. The highest BCUT2D eigenvalue weighted by atomic mass is 16.6. The molecule has 0 bridgehead atoms. The number of amides is 2. The molecule has 0 aliphatic rings. The molecule has 0 heterocycles. The fraction of sp³-hybridized carbons (Fsp3) is 0.793. The molecule has 0 saturated carbocycles. The van der Waals surface area contributed by atoms with Crippen LogP contribution in [-0.2, 0) is 19.0 Å². The number of allylic oxidation sites excluding steroid dienone is 4. The minimum absolute atomic E-state index is 0.0914. The van der Waals surface area contributed by atoms with Gasteiger partial charge in [-0.1, -0.05) is 63.3 Å². The Labute approximate surface area is 220 Å². The van der Waals surface area contributed by atoms with Crippen LogP contribution in [0.25, 0.3) is 0 Å². The second-order valence-electron chi connectivity index (χ2n) is 9.98. The number of hydrogen-bond acceptors (Lipinski definition) is 5. The number of nitrogens with one attached hydrogen (secondary N) is 2. The quantitative estimate of drug-likeness (QED) is 0.121. The van der Waals surface area contributed by atoms with Gasteiger partial charge in [-0.2, -0.15) is 0 Å². The standard InChI is InChI=1S/C29H54N2O5/c1-5-6-7-8-9-10-11-12-13-14-15-16-17-18-19-20-27(32)30-21-23-34-25-26-35-24-22-31-28(33)36-29(2,3)4/h9-10,12-13H,5-8,11,14-26H2,1-4H3,(H,30,32)(H,31,33)/b10-9-,13-12-. The van der Waals surface area contributed by atoms with Crippen molar-refractivity contribution >= 4 is 12.0 Å². The maximum atomic E-state index is 11.9. The first kappa shape index (κ1) is 34.1. The van der Waals surface area contributed by atoms with Crippen LogP contribution in [0.3, 0.4) is 0 Å². The Bertz CT molecular complexity index is 585. The monoisotopic (exact) mass is 510 g/mol. The van der Waals surface area contributed by atoms with Crippen molar-refractivity contribution in [2.24, 2.45) is 0 Å². The van der Waals surface area contributed by atoms with Gasteiger partial charge in [0.25, 0.3) is 0 Å². The van der Waals surface area contributed by atoms with Gasteiger partial charge < -0.3 is 24.8 Å². The van der Waals surface area contributed by atoms with E-state index in [0.717, 1.165) is 25.7 Å². The summed E-state index contributed by atoms with van der Waals surface area (Å²) >= 11 is 0. The van der Waals surface area contributed by atoms with E-state index in [0.29, 0.717) is 45.9 Å². The summed E-state index contributed by atoms with van der Waals surface area (Å²) in [7, 11) is 0. The Morgan fingerprint density at radius 2 is 1.25 bits per heavy atom. The van der Waals surface area contributed by atoms with E-state index in [9.17, 15) is 9.59 Å². The Kier molecular flexibility index (Phi) is 23.5. The van der Waals surface area contributed by atoms with E-state index in [-0.39, 0.29) is 5.91 Å². The maximum Gasteiger partial charge on any atom is 0.407 e. The van der Waals surface area contributed by atoms with Crippen LogP contribution in [0.5, 0.6) is 0 Å². The van der Waals surface area contributed by atoms with Crippen LogP contribution in [0, 0.1) is 0 Å². The number of ether oxygens (including phenoxy) is 3. The van der Waals surface area contributed by atoms with Gasteiger partial charge in [-0.3, -0.25) is 4.79 Å². The second-order valence-corrected chi connectivity index (χ2v) is 9.98. The summed E-state index contributed by atoms with van der Waals surface area (Å²) in [5, 5.41) is 5.53. The lowest BCUT2D eigenvalue weighted by Gasteiger charge is -2.19. The minimum Gasteiger partial charge on any atom is -0.444 e. The van der Waals surface area contributed by atoms with Crippen LogP contribution in [0.2, 0.25) is 0 Å². The molecule has 0 rings (SSSR count). The lowest BCUT2D eigenvalue weighted by Crippen LogP contribution is -2.34. The van der Waals surface area contributed by atoms with E-state index >= 15 is 0 Å². The van der Waals surface area contributed by atoms with Crippen molar-refractivity contribution in [3.63, 3.8) is 0 Å². The first-order valence-corrected chi connectivity index (χ1v) is 14.0. The van der Waals surface area contributed by atoms with E-state index in [1.165, 1.54) is 44.9 Å². The second kappa shape index (κ2) is 24.8. The molecular weight excluding hydrogens is 456 g/mol. The van der Waals surface area contributed by atoms with Gasteiger partial charge >= 0.3 is 6.09 Å². The summed E-state index contributed by atoms with van der Waals surface area (Å²) in [6.07, 6.45) is 22.3. The van der Waals surface area contributed by atoms with Crippen molar-refractivity contribution in [2.45, 2.75) is 110 Å². The van der Waals surface area contributed by atoms with Crippen LogP contribution >= 0.6 is 0 Å². The molecule has 2 N–H and O–H groups in total. The summed E-state index contributed by atoms with van der Waals surface area (Å²) in [5.41, 5.74) is -0.503.